The van der Waals surface area contributed by atoms with Crippen LogP contribution in [0.5, 0.6) is 0 Å². The smallest absolute Gasteiger partial charge is 0.230 e. The average Bonchev–Trinajstić information content (AvgIpc) is 3.09. The van der Waals surface area contributed by atoms with E-state index >= 15 is 0 Å². The van der Waals surface area contributed by atoms with Crippen molar-refractivity contribution in [1.29, 1.82) is 0 Å². The summed E-state index contributed by atoms with van der Waals surface area (Å²) in [5.41, 5.74) is 0. The van der Waals surface area contributed by atoms with Crippen molar-refractivity contribution in [2.45, 2.75) is 57.2 Å². The highest BCUT2D eigenvalue weighted by Crippen LogP contribution is 2.43. The highest BCUT2D eigenvalue weighted by molar-refractivity contribution is 5.07. The number of ether oxygens (including phenoxy) is 1. The molecular weight excluding hydrogens is 230 g/mol. The summed E-state index contributed by atoms with van der Waals surface area (Å²) in [4.78, 5) is 4.57. The fourth-order valence-corrected chi connectivity index (χ4v) is 2.96. The van der Waals surface area contributed by atoms with Gasteiger partial charge in [-0.15, -0.1) is 0 Å². The lowest BCUT2D eigenvalue weighted by Crippen LogP contribution is -2.20. The average molecular weight is 251 g/mol. The van der Waals surface area contributed by atoms with Crippen molar-refractivity contribution in [3.05, 3.63) is 11.7 Å². The number of aromatic nitrogens is 2. The van der Waals surface area contributed by atoms with Crippen LogP contribution >= 0.6 is 0 Å². The molecular formula is C13H21N3O2. The van der Waals surface area contributed by atoms with Crippen LogP contribution in [0.2, 0.25) is 0 Å². The molecule has 2 aliphatic heterocycles. The van der Waals surface area contributed by atoms with Crippen molar-refractivity contribution in [3.8, 4) is 0 Å². The number of fused-ring (bicyclic) bond motifs is 2. The van der Waals surface area contributed by atoms with Gasteiger partial charge in [0.2, 0.25) is 5.89 Å². The Morgan fingerprint density at radius 1 is 1.44 bits per heavy atom. The van der Waals surface area contributed by atoms with Crippen LogP contribution in [0.3, 0.4) is 0 Å². The van der Waals surface area contributed by atoms with Gasteiger partial charge in [0.1, 0.15) is 0 Å². The molecule has 18 heavy (non-hydrogen) atoms. The Labute approximate surface area is 107 Å². The lowest BCUT2D eigenvalue weighted by molar-refractivity contribution is 0.0996. The minimum atomic E-state index is 0.269. The SMILES string of the molecule is CCNCC(C)c1nc(C2CC3CCC2O3)no1. The molecule has 2 aliphatic rings. The Hall–Kier alpha value is -0.940. The predicted molar refractivity (Wildman–Crippen MR) is 66.5 cm³/mol. The summed E-state index contributed by atoms with van der Waals surface area (Å²) >= 11 is 0. The van der Waals surface area contributed by atoms with Crippen molar-refractivity contribution in [2.75, 3.05) is 13.1 Å². The first kappa shape index (κ1) is 12.1. The fraction of sp³-hybridized carbons (Fsp3) is 0.846. The van der Waals surface area contributed by atoms with E-state index in [2.05, 4.69) is 29.3 Å². The van der Waals surface area contributed by atoms with Gasteiger partial charge in [0, 0.05) is 12.5 Å². The molecule has 1 aromatic rings. The molecule has 3 heterocycles. The zero-order valence-electron chi connectivity index (χ0n) is 11.1. The van der Waals surface area contributed by atoms with Crippen LogP contribution in [-0.2, 0) is 4.74 Å². The zero-order valence-corrected chi connectivity index (χ0v) is 11.1. The van der Waals surface area contributed by atoms with Crippen LogP contribution in [0, 0.1) is 0 Å². The number of likely N-dealkylation sites (N-methyl/N-ethyl adjacent to an activating group) is 1. The maximum absolute atomic E-state index is 5.84. The van der Waals surface area contributed by atoms with Gasteiger partial charge in [-0.05, 0) is 25.8 Å². The minimum Gasteiger partial charge on any atom is -0.374 e. The Kier molecular flexibility index (Phi) is 3.35. The summed E-state index contributed by atoms with van der Waals surface area (Å²) in [5, 5.41) is 7.45. The number of nitrogens with zero attached hydrogens (tertiary/aromatic N) is 2. The molecule has 0 amide bonds. The Morgan fingerprint density at radius 3 is 3.00 bits per heavy atom. The molecule has 1 N–H and O–H groups in total. The van der Waals surface area contributed by atoms with Gasteiger partial charge in [0.15, 0.2) is 5.82 Å². The molecule has 0 saturated carbocycles. The first-order valence-corrected chi connectivity index (χ1v) is 6.97. The van der Waals surface area contributed by atoms with E-state index in [0.29, 0.717) is 18.1 Å². The predicted octanol–water partition coefficient (Wildman–Crippen LogP) is 1.82. The van der Waals surface area contributed by atoms with Crippen molar-refractivity contribution in [2.24, 2.45) is 0 Å². The molecule has 0 radical (unpaired) electrons. The van der Waals surface area contributed by atoms with E-state index in [9.17, 15) is 0 Å². The van der Waals surface area contributed by atoms with E-state index in [1.165, 1.54) is 6.42 Å². The van der Waals surface area contributed by atoms with Crippen molar-refractivity contribution in [1.82, 2.24) is 15.5 Å². The number of rotatable bonds is 5. The summed E-state index contributed by atoms with van der Waals surface area (Å²) in [7, 11) is 0. The monoisotopic (exact) mass is 251 g/mol. The van der Waals surface area contributed by atoms with E-state index in [-0.39, 0.29) is 5.92 Å². The summed E-state index contributed by atoms with van der Waals surface area (Å²) in [6.07, 6.45) is 4.16. The summed E-state index contributed by atoms with van der Waals surface area (Å²) in [6.45, 7) is 6.05. The van der Waals surface area contributed by atoms with Crippen LogP contribution in [0.1, 0.15) is 56.7 Å². The van der Waals surface area contributed by atoms with Crippen molar-refractivity contribution in [3.63, 3.8) is 0 Å². The van der Waals surface area contributed by atoms with Gasteiger partial charge in [-0.25, -0.2) is 0 Å². The zero-order chi connectivity index (χ0) is 12.5. The lowest BCUT2D eigenvalue weighted by Gasteiger charge is -2.13. The Balaban J connectivity index is 1.66. The second kappa shape index (κ2) is 4.97. The third kappa shape index (κ3) is 2.17. The van der Waals surface area contributed by atoms with Crippen LogP contribution < -0.4 is 5.32 Å². The lowest BCUT2D eigenvalue weighted by atomic mass is 9.89. The maximum atomic E-state index is 5.84. The first-order valence-electron chi connectivity index (χ1n) is 6.97. The van der Waals surface area contributed by atoms with Crippen LogP contribution in [0.25, 0.3) is 0 Å². The highest BCUT2D eigenvalue weighted by Gasteiger charge is 2.43. The highest BCUT2D eigenvalue weighted by atomic mass is 16.5. The van der Waals surface area contributed by atoms with E-state index in [4.69, 9.17) is 9.26 Å². The van der Waals surface area contributed by atoms with E-state index in [0.717, 1.165) is 37.6 Å². The number of hydrogen-bond donors (Lipinski definition) is 1. The topological polar surface area (TPSA) is 60.2 Å². The van der Waals surface area contributed by atoms with Crippen LogP contribution in [0.15, 0.2) is 4.52 Å². The Bertz CT molecular complexity index is 407. The number of nitrogens with one attached hydrogen (secondary N) is 1. The molecule has 4 atom stereocenters. The van der Waals surface area contributed by atoms with E-state index in [1.54, 1.807) is 0 Å². The third-order valence-corrected chi connectivity index (χ3v) is 4.02. The standard InChI is InChI=1S/C13H21N3O2/c1-3-14-7-8(2)13-15-12(16-18-13)10-6-9-4-5-11(10)17-9/h8-11,14H,3-7H2,1-2H3. The summed E-state index contributed by atoms with van der Waals surface area (Å²) in [6, 6.07) is 0. The maximum Gasteiger partial charge on any atom is 0.230 e. The van der Waals surface area contributed by atoms with E-state index in [1.807, 2.05) is 0 Å². The van der Waals surface area contributed by atoms with Gasteiger partial charge in [-0.2, -0.15) is 4.98 Å². The normalized spacial score (nSPS) is 32.0. The molecule has 100 valence electrons. The van der Waals surface area contributed by atoms with Gasteiger partial charge in [-0.3, -0.25) is 0 Å². The third-order valence-electron chi connectivity index (χ3n) is 4.02. The molecule has 5 nitrogen and oxygen atoms in total. The second-order valence-corrected chi connectivity index (χ2v) is 5.42. The molecule has 0 spiro atoms. The molecule has 0 aliphatic carbocycles. The molecule has 2 bridgehead atoms. The van der Waals surface area contributed by atoms with E-state index < -0.39 is 0 Å². The minimum absolute atomic E-state index is 0.269. The molecule has 5 heteroatoms. The molecule has 4 unspecified atom stereocenters. The van der Waals surface area contributed by atoms with Gasteiger partial charge in [0.25, 0.3) is 0 Å². The van der Waals surface area contributed by atoms with Gasteiger partial charge >= 0.3 is 0 Å². The van der Waals surface area contributed by atoms with Crippen molar-refractivity contribution >= 4 is 0 Å². The summed E-state index contributed by atoms with van der Waals surface area (Å²) in [5.74, 6) is 2.22. The molecule has 0 aromatic carbocycles. The largest absolute Gasteiger partial charge is 0.374 e. The fourth-order valence-electron chi connectivity index (χ4n) is 2.96. The summed E-state index contributed by atoms with van der Waals surface area (Å²) < 4.78 is 11.2. The first-order chi connectivity index (χ1) is 8.78. The quantitative estimate of drug-likeness (QED) is 0.865. The van der Waals surface area contributed by atoms with Crippen molar-refractivity contribution < 1.29 is 9.26 Å². The van der Waals surface area contributed by atoms with Gasteiger partial charge < -0.3 is 14.6 Å². The molecule has 2 fully saturated rings. The molecule has 1 aromatic heterocycles. The second-order valence-electron chi connectivity index (χ2n) is 5.42. The number of hydrogen-bond acceptors (Lipinski definition) is 5. The molecule has 3 rings (SSSR count). The van der Waals surface area contributed by atoms with Crippen LogP contribution in [-0.4, -0.2) is 35.4 Å². The molecule has 2 saturated heterocycles. The Morgan fingerprint density at radius 2 is 2.33 bits per heavy atom. The van der Waals surface area contributed by atoms with Crippen LogP contribution in [0.4, 0.5) is 0 Å². The van der Waals surface area contributed by atoms with Gasteiger partial charge in [0.05, 0.1) is 18.1 Å². The van der Waals surface area contributed by atoms with Gasteiger partial charge in [-0.1, -0.05) is 19.0 Å².